The normalized spacial score (nSPS) is 13.1. The minimum Gasteiger partial charge on any atom is -0.352 e. The summed E-state index contributed by atoms with van der Waals surface area (Å²) >= 11 is 12.4. The van der Waals surface area contributed by atoms with Crippen molar-refractivity contribution in [1.29, 1.82) is 0 Å². The molecule has 0 aliphatic heterocycles. The molecule has 10 heteroatoms. The first-order valence-corrected chi connectivity index (χ1v) is 14.1. The van der Waals surface area contributed by atoms with Gasteiger partial charge in [-0.15, -0.1) is 0 Å². The van der Waals surface area contributed by atoms with Crippen LogP contribution >= 0.6 is 23.2 Å². The lowest BCUT2D eigenvalue weighted by Gasteiger charge is -2.32. The Morgan fingerprint density at radius 3 is 2.17 bits per heavy atom. The van der Waals surface area contributed by atoms with Crippen molar-refractivity contribution in [2.45, 2.75) is 59.2 Å². The predicted octanol–water partition coefficient (Wildman–Crippen LogP) is 4.65. The SMILES string of the molecule is CCc1ccc(N(CC(=O)N(Cc2ccc(Cl)cc2Cl)[C@@H](C)C(=O)N[C@H](C)CC)S(C)(=O)=O)cc1. The van der Waals surface area contributed by atoms with Crippen molar-refractivity contribution in [2.24, 2.45) is 0 Å². The summed E-state index contributed by atoms with van der Waals surface area (Å²) in [5, 5.41) is 3.67. The minimum atomic E-state index is -3.78. The summed E-state index contributed by atoms with van der Waals surface area (Å²) in [6.07, 6.45) is 2.58. The molecule has 0 saturated carbocycles. The maximum Gasteiger partial charge on any atom is 0.244 e. The number of nitrogens with zero attached hydrogens (tertiary/aromatic N) is 2. The molecule has 2 amide bonds. The van der Waals surface area contributed by atoms with Gasteiger partial charge in [-0.1, -0.05) is 55.2 Å². The molecule has 2 atom stereocenters. The summed E-state index contributed by atoms with van der Waals surface area (Å²) in [5.41, 5.74) is 2.01. The van der Waals surface area contributed by atoms with E-state index in [1.165, 1.54) is 4.90 Å². The van der Waals surface area contributed by atoms with E-state index in [1.807, 2.05) is 32.9 Å². The van der Waals surface area contributed by atoms with E-state index in [9.17, 15) is 18.0 Å². The fourth-order valence-corrected chi connectivity index (χ4v) is 4.71. The van der Waals surface area contributed by atoms with Gasteiger partial charge in [0, 0.05) is 22.6 Å². The van der Waals surface area contributed by atoms with Crippen molar-refractivity contribution in [1.82, 2.24) is 10.2 Å². The third-order valence-corrected chi connectivity index (χ3v) is 7.56. The summed E-state index contributed by atoms with van der Waals surface area (Å²) in [4.78, 5) is 27.8. The van der Waals surface area contributed by atoms with Crippen LogP contribution in [0.5, 0.6) is 0 Å². The van der Waals surface area contributed by atoms with Crippen molar-refractivity contribution < 1.29 is 18.0 Å². The summed E-state index contributed by atoms with van der Waals surface area (Å²) in [6, 6.07) is 10.9. The van der Waals surface area contributed by atoms with E-state index in [4.69, 9.17) is 23.2 Å². The van der Waals surface area contributed by atoms with Crippen LogP contribution in [0.15, 0.2) is 42.5 Å². The van der Waals surface area contributed by atoms with Gasteiger partial charge in [0.25, 0.3) is 0 Å². The van der Waals surface area contributed by atoms with Gasteiger partial charge in [0.2, 0.25) is 21.8 Å². The first kappa shape index (κ1) is 28.9. The summed E-state index contributed by atoms with van der Waals surface area (Å²) < 4.78 is 26.3. The van der Waals surface area contributed by atoms with Crippen LogP contribution in [0.4, 0.5) is 5.69 Å². The third kappa shape index (κ3) is 8.12. The summed E-state index contributed by atoms with van der Waals surface area (Å²) in [5.74, 6) is -0.871. The highest BCUT2D eigenvalue weighted by Gasteiger charge is 2.30. The number of sulfonamides is 1. The Labute approximate surface area is 218 Å². The van der Waals surface area contributed by atoms with Crippen LogP contribution in [0.3, 0.4) is 0 Å². The van der Waals surface area contributed by atoms with Gasteiger partial charge >= 0.3 is 0 Å². The van der Waals surface area contributed by atoms with Crippen LogP contribution in [0.2, 0.25) is 10.0 Å². The molecule has 2 aromatic rings. The number of carbonyl (C=O) groups excluding carboxylic acids is 2. The van der Waals surface area contributed by atoms with Gasteiger partial charge in [-0.05, 0) is 62.1 Å². The Balaban J connectivity index is 2.41. The second-order valence-corrected chi connectivity index (χ2v) is 11.3. The predicted molar refractivity (Wildman–Crippen MR) is 142 cm³/mol. The van der Waals surface area contributed by atoms with Gasteiger partial charge in [-0.25, -0.2) is 8.42 Å². The lowest BCUT2D eigenvalue weighted by atomic mass is 10.1. The molecule has 0 unspecified atom stereocenters. The smallest absolute Gasteiger partial charge is 0.244 e. The average Bonchev–Trinajstić information content (AvgIpc) is 2.80. The molecule has 0 spiro atoms. The fraction of sp³-hybridized carbons (Fsp3) is 0.440. The van der Waals surface area contributed by atoms with E-state index in [2.05, 4.69) is 5.32 Å². The molecule has 0 bridgehead atoms. The first-order chi connectivity index (χ1) is 16.4. The van der Waals surface area contributed by atoms with E-state index in [-0.39, 0.29) is 18.5 Å². The number of aryl methyl sites for hydroxylation is 1. The van der Waals surface area contributed by atoms with Gasteiger partial charge in [0.15, 0.2) is 0 Å². The quantitative estimate of drug-likeness (QED) is 0.448. The Bertz CT molecular complexity index is 1140. The molecule has 7 nitrogen and oxygen atoms in total. The zero-order valence-corrected chi connectivity index (χ0v) is 23.0. The van der Waals surface area contributed by atoms with Crippen molar-refractivity contribution in [3.05, 3.63) is 63.6 Å². The first-order valence-electron chi connectivity index (χ1n) is 11.5. The molecule has 0 radical (unpaired) electrons. The molecule has 192 valence electrons. The van der Waals surface area contributed by atoms with E-state index >= 15 is 0 Å². The topological polar surface area (TPSA) is 86.8 Å². The number of nitrogens with one attached hydrogen (secondary N) is 1. The summed E-state index contributed by atoms with van der Waals surface area (Å²) in [7, 11) is -3.78. The lowest BCUT2D eigenvalue weighted by molar-refractivity contribution is -0.139. The molecule has 2 aromatic carbocycles. The zero-order valence-electron chi connectivity index (χ0n) is 20.7. The third-order valence-electron chi connectivity index (χ3n) is 5.84. The van der Waals surface area contributed by atoms with Crippen LogP contribution < -0.4 is 9.62 Å². The van der Waals surface area contributed by atoms with E-state index in [0.717, 1.165) is 29.0 Å². The van der Waals surface area contributed by atoms with E-state index in [0.29, 0.717) is 21.3 Å². The highest BCUT2D eigenvalue weighted by atomic mass is 35.5. The van der Waals surface area contributed by atoms with Gasteiger partial charge in [-0.2, -0.15) is 0 Å². The number of halogens is 2. The number of carbonyl (C=O) groups is 2. The fourth-order valence-electron chi connectivity index (χ4n) is 3.39. The van der Waals surface area contributed by atoms with Crippen LogP contribution in [0.25, 0.3) is 0 Å². The minimum absolute atomic E-state index is 0.0102. The Morgan fingerprint density at radius 2 is 1.66 bits per heavy atom. The van der Waals surface area contributed by atoms with E-state index < -0.39 is 28.5 Å². The zero-order chi connectivity index (χ0) is 26.3. The van der Waals surface area contributed by atoms with Crippen LogP contribution in [-0.2, 0) is 32.6 Å². The van der Waals surface area contributed by atoms with E-state index in [1.54, 1.807) is 37.3 Å². The number of benzene rings is 2. The molecular formula is C25H33Cl2N3O4S. The largest absolute Gasteiger partial charge is 0.352 e. The number of rotatable bonds is 11. The van der Waals surface area contributed by atoms with Gasteiger partial charge in [-0.3, -0.25) is 13.9 Å². The highest BCUT2D eigenvalue weighted by Crippen LogP contribution is 2.24. The van der Waals surface area contributed by atoms with Gasteiger partial charge in [0.1, 0.15) is 12.6 Å². The molecule has 0 heterocycles. The molecule has 0 aliphatic rings. The van der Waals surface area contributed by atoms with Crippen molar-refractivity contribution in [3.63, 3.8) is 0 Å². The van der Waals surface area contributed by atoms with Crippen LogP contribution in [0, 0.1) is 0 Å². The Hall–Kier alpha value is -2.29. The second kappa shape index (κ2) is 12.6. The van der Waals surface area contributed by atoms with Crippen molar-refractivity contribution in [2.75, 3.05) is 17.1 Å². The molecule has 2 rings (SSSR count). The number of hydrogen-bond acceptors (Lipinski definition) is 4. The monoisotopic (exact) mass is 541 g/mol. The van der Waals surface area contributed by atoms with Crippen molar-refractivity contribution in [3.8, 4) is 0 Å². The standard InChI is InChI=1S/C25H33Cl2N3O4S/c1-6-17(3)28-25(32)18(4)29(15-20-10-11-21(26)14-23(20)27)24(31)16-30(35(5,33)34)22-12-8-19(7-2)9-13-22/h8-14,17-18H,6-7,15-16H2,1-5H3,(H,28,32)/t17-,18+/m1/s1. The maximum atomic E-state index is 13.6. The molecule has 35 heavy (non-hydrogen) atoms. The van der Waals surface area contributed by atoms with Crippen molar-refractivity contribution >= 4 is 50.7 Å². The molecule has 0 fully saturated rings. The lowest BCUT2D eigenvalue weighted by Crippen LogP contribution is -2.52. The van der Waals surface area contributed by atoms with Gasteiger partial charge < -0.3 is 10.2 Å². The van der Waals surface area contributed by atoms with Gasteiger partial charge in [0.05, 0.1) is 11.9 Å². The molecular weight excluding hydrogens is 509 g/mol. The molecule has 1 N–H and O–H groups in total. The van der Waals surface area contributed by atoms with Crippen LogP contribution in [-0.4, -0.2) is 50.0 Å². The second-order valence-electron chi connectivity index (χ2n) is 8.54. The maximum absolute atomic E-state index is 13.6. The molecule has 0 aliphatic carbocycles. The Kier molecular flexibility index (Phi) is 10.4. The number of amides is 2. The Morgan fingerprint density at radius 1 is 1.03 bits per heavy atom. The molecule has 0 saturated heterocycles. The number of anilines is 1. The molecule has 0 aromatic heterocycles. The number of hydrogen-bond donors (Lipinski definition) is 1. The van der Waals surface area contributed by atoms with Crippen LogP contribution in [0.1, 0.15) is 45.2 Å². The summed E-state index contributed by atoms with van der Waals surface area (Å²) in [6.45, 7) is 6.98. The highest BCUT2D eigenvalue weighted by molar-refractivity contribution is 7.92. The average molecular weight is 543 g/mol.